The number of ether oxygens (including phenoxy) is 1. The molecule has 1 aromatic carbocycles. The number of hydrogen-bond donors (Lipinski definition) is 0. The summed E-state index contributed by atoms with van der Waals surface area (Å²) >= 11 is 2.96. The van der Waals surface area contributed by atoms with Crippen LogP contribution in [0.5, 0.6) is 0 Å². The van der Waals surface area contributed by atoms with Crippen molar-refractivity contribution in [2.45, 2.75) is 19.5 Å². The largest absolute Gasteiger partial charge is 0.379 e. The summed E-state index contributed by atoms with van der Waals surface area (Å²) in [5, 5.41) is 6.09. The first-order chi connectivity index (χ1) is 14.7. The van der Waals surface area contributed by atoms with E-state index >= 15 is 0 Å². The Morgan fingerprint density at radius 3 is 2.83 bits per heavy atom. The summed E-state index contributed by atoms with van der Waals surface area (Å²) < 4.78 is 9.89. The lowest BCUT2D eigenvalue weighted by molar-refractivity contribution is -0.128. The molecule has 0 N–H and O–H groups in total. The number of aromatic nitrogens is 3. The van der Waals surface area contributed by atoms with Gasteiger partial charge >= 0.3 is 0 Å². The summed E-state index contributed by atoms with van der Waals surface area (Å²) in [4.78, 5) is 22.4. The highest BCUT2D eigenvalue weighted by Gasteiger charge is 2.45. The first kappa shape index (κ1) is 19.7. The topological polar surface area (TPSA) is 71.5 Å². The van der Waals surface area contributed by atoms with E-state index in [1.165, 1.54) is 17.1 Å². The van der Waals surface area contributed by atoms with Gasteiger partial charge in [-0.3, -0.25) is 14.7 Å². The third-order valence-electron chi connectivity index (χ3n) is 5.77. The smallest absolute Gasteiger partial charge is 0.223 e. The lowest BCUT2D eigenvalue weighted by Gasteiger charge is -2.31. The second-order valence-electron chi connectivity index (χ2n) is 8.14. The van der Waals surface area contributed by atoms with Crippen LogP contribution < -0.4 is 0 Å². The van der Waals surface area contributed by atoms with Gasteiger partial charge in [-0.25, -0.2) is 0 Å². The molecule has 2 aromatic heterocycles. The molecule has 4 heterocycles. The normalized spacial score (nSPS) is 22.7. The number of nitrogens with zero attached hydrogens (tertiary/aromatic N) is 5. The zero-order chi connectivity index (χ0) is 20.4. The number of carbonyl (C=O) groups excluding carboxylic acids is 1. The summed E-state index contributed by atoms with van der Waals surface area (Å²) in [7, 11) is 0. The highest BCUT2D eigenvalue weighted by Crippen LogP contribution is 2.35. The van der Waals surface area contributed by atoms with Crippen LogP contribution in [-0.2, 0) is 22.6 Å². The monoisotopic (exact) mass is 441 g/mol. The molecule has 0 saturated carbocycles. The fourth-order valence-corrected chi connectivity index (χ4v) is 5.46. The minimum absolute atomic E-state index is 0.134. The van der Waals surface area contributed by atoms with Gasteiger partial charge in [0.1, 0.15) is 5.69 Å². The Balaban J connectivity index is 1.26. The van der Waals surface area contributed by atoms with E-state index in [9.17, 15) is 4.79 Å². The van der Waals surface area contributed by atoms with Crippen molar-refractivity contribution in [2.75, 3.05) is 32.8 Å². The molecule has 1 atom stereocenters. The standard InChI is InChI=1S/C21H23N5O2S2/c27-20-7-21(13-26(20)10-18-8-22-15-29-18)12-25(5-6-28-14-21)9-16-1-3-17(4-2-16)19-11-30-24-23-19/h1-4,8,11,15H,5-7,9-10,12-14H2/t21-/m0/s1. The van der Waals surface area contributed by atoms with Crippen LogP contribution in [0.25, 0.3) is 11.3 Å². The molecule has 9 heteroatoms. The zero-order valence-electron chi connectivity index (χ0n) is 16.6. The number of hydrogen-bond acceptors (Lipinski definition) is 8. The molecule has 0 radical (unpaired) electrons. The van der Waals surface area contributed by atoms with Gasteiger partial charge in [-0.15, -0.1) is 16.4 Å². The Bertz CT molecular complexity index is 978. The minimum atomic E-state index is -0.134. The van der Waals surface area contributed by atoms with E-state index in [1.807, 2.05) is 22.0 Å². The Hall–Kier alpha value is -2.20. The fraction of sp³-hybridized carbons (Fsp3) is 0.429. The van der Waals surface area contributed by atoms with E-state index in [0.717, 1.165) is 42.3 Å². The number of benzene rings is 1. The van der Waals surface area contributed by atoms with Gasteiger partial charge < -0.3 is 9.64 Å². The van der Waals surface area contributed by atoms with Gasteiger partial charge in [0.05, 0.1) is 25.3 Å². The van der Waals surface area contributed by atoms with E-state index in [2.05, 4.69) is 43.7 Å². The van der Waals surface area contributed by atoms with Gasteiger partial charge in [-0.1, -0.05) is 28.8 Å². The van der Waals surface area contributed by atoms with Gasteiger partial charge in [0.15, 0.2) is 0 Å². The lowest BCUT2D eigenvalue weighted by Crippen LogP contribution is -2.40. The molecule has 5 rings (SSSR count). The quantitative estimate of drug-likeness (QED) is 0.606. The SMILES string of the molecule is O=C1C[C@@]2(COCCN(Cc3ccc(-c4csnn4)cc3)C2)CN1Cc1cncs1. The average molecular weight is 442 g/mol. The molecule has 0 bridgehead atoms. The maximum atomic E-state index is 12.7. The molecule has 1 amide bonds. The van der Waals surface area contributed by atoms with E-state index < -0.39 is 0 Å². The molecule has 0 aliphatic carbocycles. The van der Waals surface area contributed by atoms with Crippen molar-refractivity contribution in [1.82, 2.24) is 24.4 Å². The van der Waals surface area contributed by atoms with Crippen LogP contribution in [-0.4, -0.2) is 63.1 Å². The highest BCUT2D eigenvalue weighted by molar-refractivity contribution is 7.09. The maximum Gasteiger partial charge on any atom is 0.223 e. The molecule has 2 saturated heterocycles. The van der Waals surface area contributed by atoms with Crippen LogP contribution in [0.2, 0.25) is 0 Å². The Morgan fingerprint density at radius 1 is 1.17 bits per heavy atom. The van der Waals surface area contributed by atoms with Crippen LogP contribution in [0, 0.1) is 5.41 Å². The first-order valence-electron chi connectivity index (χ1n) is 10.0. The first-order valence-corrected chi connectivity index (χ1v) is 11.7. The van der Waals surface area contributed by atoms with Crippen LogP contribution in [0.1, 0.15) is 16.9 Å². The van der Waals surface area contributed by atoms with E-state index in [1.54, 1.807) is 11.3 Å². The van der Waals surface area contributed by atoms with Crippen molar-refractivity contribution in [1.29, 1.82) is 0 Å². The molecule has 30 heavy (non-hydrogen) atoms. The summed E-state index contributed by atoms with van der Waals surface area (Å²) in [5.41, 5.74) is 4.94. The van der Waals surface area contributed by atoms with Crippen LogP contribution >= 0.6 is 22.9 Å². The van der Waals surface area contributed by atoms with Gasteiger partial charge in [-0.2, -0.15) is 0 Å². The highest BCUT2D eigenvalue weighted by atomic mass is 32.1. The molecule has 2 aliphatic rings. The number of rotatable bonds is 5. The molecular formula is C21H23N5O2S2. The average Bonchev–Trinajstić information content (AvgIpc) is 3.47. The predicted molar refractivity (Wildman–Crippen MR) is 116 cm³/mol. The summed E-state index contributed by atoms with van der Waals surface area (Å²) in [6.45, 7) is 5.34. The molecule has 2 aliphatic heterocycles. The maximum absolute atomic E-state index is 12.7. The third kappa shape index (κ3) is 4.29. The van der Waals surface area contributed by atoms with Crippen LogP contribution in [0.3, 0.4) is 0 Å². The van der Waals surface area contributed by atoms with Gasteiger partial charge in [-0.05, 0) is 17.1 Å². The van der Waals surface area contributed by atoms with Crippen molar-refractivity contribution >= 4 is 28.8 Å². The Morgan fingerprint density at radius 2 is 2.07 bits per heavy atom. The number of thiazole rings is 1. The van der Waals surface area contributed by atoms with Crippen molar-refractivity contribution in [3.63, 3.8) is 0 Å². The third-order valence-corrected chi connectivity index (χ3v) is 7.04. The number of carbonyl (C=O) groups is 1. The molecule has 3 aromatic rings. The van der Waals surface area contributed by atoms with Gasteiger partial charge in [0, 0.05) is 60.0 Å². The number of likely N-dealkylation sites (tertiary alicyclic amines) is 1. The van der Waals surface area contributed by atoms with Crippen LogP contribution in [0.4, 0.5) is 0 Å². The van der Waals surface area contributed by atoms with Gasteiger partial charge in [0.25, 0.3) is 0 Å². The van der Waals surface area contributed by atoms with Crippen molar-refractivity contribution in [2.24, 2.45) is 5.41 Å². The summed E-state index contributed by atoms with van der Waals surface area (Å²) in [5.74, 6) is 0.218. The van der Waals surface area contributed by atoms with Crippen LogP contribution in [0.15, 0.2) is 41.4 Å². The molecule has 2 fully saturated rings. The van der Waals surface area contributed by atoms with Crippen molar-refractivity contribution < 1.29 is 9.53 Å². The van der Waals surface area contributed by atoms with E-state index in [4.69, 9.17) is 4.74 Å². The second kappa shape index (κ2) is 8.50. The Labute approximate surface area is 183 Å². The lowest BCUT2D eigenvalue weighted by atomic mass is 9.87. The zero-order valence-corrected chi connectivity index (χ0v) is 18.2. The summed E-state index contributed by atoms with van der Waals surface area (Å²) in [6, 6.07) is 8.52. The Kier molecular flexibility index (Phi) is 5.60. The van der Waals surface area contributed by atoms with Crippen molar-refractivity contribution in [3.05, 3.63) is 51.8 Å². The predicted octanol–water partition coefficient (Wildman–Crippen LogP) is 2.91. The van der Waals surface area contributed by atoms with Crippen molar-refractivity contribution in [3.8, 4) is 11.3 Å². The molecule has 7 nitrogen and oxygen atoms in total. The molecule has 0 unspecified atom stereocenters. The minimum Gasteiger partial charge on any atom is -0.379 e. The van der Waals surface area contributed by atoms with Gasteiger partial charge in [0.2, 0.25) is 5.91 Å². The van der Waals surface area contributed by atoms with E-state index in [-0.39, 0.29) is 11.3 Å². The fourth-order valence-electron chi connectivity index (χ4n) is 4.38. The summed E-state index contributed by atoms with van der Waals surface area (Å²) in [6.07, 6.45) is 2.41. The molecular weight excluding hydrogens is 418 g/mol. The van der Waals surface area contributed by atoms with E-state index in [0.29, 0.717) is 26.2 Å². The second-order valence-corrected chi connectivity index (χ2v) is 9.73. The molecule has 1 spiro atoms. The number of amides is 1. The molecule has 156 valence electrons.